The monoisotopic (exact) mass is 487 g/mol. The maximum absolute atomic E-state index is 12.8. The average molecular weight is 488 g/mol. The molecule has 1 aliphatic rings. The Hall–Kier alpha value is -3.02. The Morgan fingerprint density at radius 1 is 1.12 bits per heavy atom. The molecule has 0 unspecified atom stereocenters. The summed E-state index contributed by atoms with van der Waals surface area (Å²) < 4.78 is 38.0. The number of amides is 1. The fourth-order valence-corrected chi connectivity index (χ4v) is 5.42. The molecule has 1 amide bonds. The summed E-state index contributed by atoms with van der Waals surface area (Å²) in [4.78, 5) is 14.8. The zero-order chi connectivity index (χ0) is 24.0. The number of benzene rings is 1. The molecule has 0 saturated carbocycles. The standard InChI is InChI=1S/C23H29N5O5S/c1-2-12-27(17-22-25-26-23(33-22)20-7-6-15-32-20)16-21(29)24-18-8-10-19(11-9-18)34(30,31)28-13-4-3-5-14-28/h6-11,15H,2-5,12-14,16-17H2,1H3,(H,24,29). The average Bonchev–Trinajstić information content (AvgIpc) is 3.52. The zero-order valence-electron chi connectivity index (χ0n) is 19.1. The van der Waals surface area contributed by atoms with Gasteiger partial charge in [0.2, 0.25) is 21.8 Å². The van der Waals surface area contributed by atoms with E-state index in [4.69, 9.17) is 8.83 Å². The lowest BCUT2D eigenvalue weighted by Gasteiger charge is -2.25. The number of nitrogens with zero attached hydrogens (tertiary/aromatic N) is 4. The normalized spacial score (nSPS) is 15.0. The largest absolute Gasteiger partial charge is 0.459 e. The molecule has 0 aliphatic carbocycles. The maximum Gasteiger partial charge on any atom is 0.283 e. The zero-order valence-corrected chi connectivity index (χ0v) is 20.0. The van der Waals surface area contributed by atoms with E-state index in [1.807, 2.05) is 11.8 Å². The van der Waals surface area contributed by atoms with Gasteiger partial charge in [-0.15, -0.1) is 10.2 Å². The van der Waals surface area contributed by atoms with Gasteiger partial charge in [-0.05, 0) is 62.2 Å². The van der Waals surface area contributed by atoms with Crippen molar-refractivity contribution >= 4 is 21.6 Å². The van der Waals surface area contributed by atoms with Crippen molar-refractivity contribution in [1.29, 1.82) is 0 Å². The van der Waals surface area contributed by atoms with Gasteiger partial charge in [0.15, 0.2) is 5.76 Å². The van der Waals surface area contributed by atoms with E-state index in [-0.39, 0.29) is 17.3 Å². The second kappa shape index (κ2) is 10.9. The van der Waals surface area contributed by atoms with Crippen molar-refractivity contribution in [3.63, 3.8) is 0 Å². The Balaban J connectivity index is 1.34. The number of hydrogen-bond acceptors (Lipinski definition) is 8. The lowest BCUT2D eigenvalue weighted by Crippen LogP contribution is -2.35. The van der Waals surface area contributed by atoms with Crippen LogP contribution >= 0.6 is 0 Å². The van der Waals surface area contributed by atoms with Crippen LogP contribution in [0.2, 0.25) is 0 Å². The first-order valence-corrected chi connectivity index (χ1v) is 12.9. The van der Waals surface area contributed by atoms with Crippen molar-refractivity contribution in [2.45, 2.75) is 44.0 Å². The van der Waals surface area contributed by atoms with E-state index in [0.29, 0.717) is 49.4 Å². The SMILES string of the molecule is CCCN(CC(=O)Nc1ccc(S(=O)(=O)N2CCCCC2)cc1)Cc1nnc(-c2ccco2)o1. The molecule has 0 spiro atoms. The van der Waals surface area contributed by atoms with Crippen molar-refractivity contribution in [3.8, 4) is 11.7 Å². The smallest absolute Gasteiger partial charge is 0.283 e. The topological polar surface area (TPSA) is 122 Å². The highest BCUT2D eigenvalue weighted by atomic mass is 32.2. The first-order valence-electron chi connectivity index (χ1n) is 11.4. The Labute approximate surface area is 199 Å². The molecule has 11 heteroatoms. The Morgan fingerprint density at radius 2 is 1.88 bits per heavy atom. The molecule has 1 fully saturated rings. The number of nitrogens with one attached hydrogen (secondary N) is 1. The van der Waals surface area contributed by atoms with Crippen LogP contribution in [0.4, 0.5) is 5.69 Å². The van der Waals surface area contributed by atoms with Gasteiger partial charge in [-0.1, -0.05) is 13.3 Å². The number of carbonyl (C=O) groups excluding carboxylic acids is 1. The van der Waals surface area contributed by atoms with Gasteiger partial charge in [0.1, 0.15) is 0 Å². The van der Waals surface area contributed by atoms with E-state index in [1.54, 1.807) is 24.3 Å². The molecule has 182 valence electrons. The molecule has 10 nitrogen and oxygen atoms in total. The molecule has 0 bridgehead atoms. The Kier molecular flexibility index (Phi) is 7.76. The van der Waals surface area contributed by atoms with E-state index < -0.39 is 10.0 Å². The van der Waals surface area contributed by atoms with Crippen LogP contribution in [0.1, 0.15) is 38.5 Å². The van der Waals surface area contributed by atoms with Crippen molar-refractivity contribution in [2.75, 3.05) is 31.5 Å². The molecule has 1 N–H and O–H groups in total. The van der Waals surface area contributed by atoms with Gasteiger partial charge < -0.3 is 14.2 Å². The summed E-state index contributed by atoms with van der Waals surface area (Å²) in [6.07, 6.45) is 5.20. The molecule has 34 heavy (non-hydrogen) atoms. The number of piperidine rings is 1. The molecule has 1 aromatic carbocycles. The molecule has 4 rings (SSSR count). The third-order valence-corrected chi connectivity index (χ3v) is 7.47. The van der Waals surface area contributed by atoms with E-state index >= 15 is 0 Å². The summed E-state index contributed by atoms with van der Waals surface area (Å²) >= 11 is 0. The maximum atomic E-state index is 12.8. The van der Waals surface area contributed by atoms with Crippen LogP contribution < -0.4 is 5.32 Å². The van der Waals surface area contributed by atoms with Crippen molar-refractivity contribution < 1.29 is 22.0 Å². The summed E-state index contributed by atoms with van der Waals surface area (Å²) in [5.41, 5.74) is 0.539. The van der Waals surface area contributed by atoms with Gasteiger partial charge >= 0.3 is 0 Å². The third kappa shape index (κ3) is 5.91. The fourth-order valence-electron chi connectivity index (χ4n) is 3.91. The fraction of sp³-hybridized carbons (Fsp3) is 0.435. The van der Waals surface area contributed by atoms with E-state index in [2.05, 4.69) is 15.5 Å². The first kappa shape index (κ1) is 24.1. The van der Waals surface area contributed by atoms with Gasteiger partial charge in [-0.25, -0.2) is 8.42 Å². The second-order valence-corrected chi connectivity index (χ2v) is 10.2. The lowest BCUT2D eigenvalue weighted by molar-refractivity contribution is -0.117. The number of rotatable bonds is 10. The van der Waals surface area contributed by atoms with E-state index in [9.17, 15) is 13.2 Å². The highest BCUT2D eigenvalue weighted by Crippen LogP contribution is 2.22. The minimum Gasteiger partial charge on any atom is -0.459 e. The van der Waals surface area contributed by atoms with Crippen LogP contribution in [0.5, 0.6) is 0 Å². The molecule has 0 radical (unpaired) electrons. The Morgan fingerprint density at radius 3 is 2.56 bits per heavy atom. The van der Waals surface area contributed by atoms with Gasteiger partial charge in [0, 0.05) is 18.8 Å². The second-order valence-electron chi connectivity index (χ2n) is 8.23. The number of anilines is 1. The van der Waals surface area contributed by atoms with Crippen LogP contribution in [0.3, 0.4) is 0 Å². The Bertz CT molecular complexity index is 1170. The van der Waals surface area contributed by atoms with Crippen molar-refractivity contribution in [2.24, 2.45) is 0 Å². The molecule has 0 atom stereocenters. The third-order valence-electron chi connectivity index (χ3n) is 5.56. The highest BCUT2D eigenvalue weighted by molar-refractivity contribution is 7.89. The highest BCUT2D eigenvalue weighted by Gasteiger charge is 2.25. The summed E-state index contributed by atoms with van der Waals surface area (Å²) in [5.74, 6) is 0.954. The van der Waals surface area contributed by atoms with Gasteiger partial charge in [-0.2, -0.15) is 4.31 Å². The molecule has 1 aliphatic heterocycles. The van der Waals surface area contributed by atoms with Crippen LogP contribution in [-0.4, -0.2) is 59.9 Å². The quantitative estimate of drug-likeness (QED) is 0.462. The lowest BCUT2D eigenvalue weighted by atomic mass is 10.2. The molecule has 1 saturated heterocycles. The van der Waals surface area contributed by atoms with Crippen LogP contribution in [0.25, 0.3) is 11.7 Å². The molecule has 3 aromatic rings. The molecular formula is C23H29N5O5S. The predicted molar refractivity (Wildman–Crippen MR) is 125 cm³/mol. The predicted octanol–water partition coefficient (Wildman–Crippen LogP) is 3.35. The van der Waals surface area contributed by atoms with Crippen molar-refractivity contribution in [3.05, 3.63) is 48.6 Å². The number of sulfonamides is 1. The summed E-state index contributed by atoms with van der Waals surface area (Å²) in [6.45, 7) is 4.24. The molecule has 2 aromatic heterocycles. The number of hydrogen-bond donors (Lipinski definition) is 1. The van der Waals surface area contributed by atoms with E-state index in [1.165, 1.54) is 22.7 Å². The van der Waals surface area contributed by atoms with Gasteiger partial charge in [0.25, 0.3) is 5.89 Å². The van der Waals surface area contributed by atoms with Crippen molar-refractivity contribution in [1.82, 2.24) is 19.4 Å². The summed E-state index contributed by atoms with van der Waals surface area (Å²) in [5, 5.41) is 10.9. The minimum atomic E-state index is -3.50. The molecule has 3 heterocycles. The molecular weight excluding hydrogens is 458 g/mol. The number of furan rings is 1. The van der Waals surface area contributed by atoms with Crippen LogP contribution in [0, 0.1) is 0 Å². The van der Waals surface area contributed by atoms with Gasteiger partial charge in [0.05, 0.1) is 24.2 Å². The van der Waals surface area contributed by atoms with Gasteiger partial charge in [-0.3, -0.25) is 9.69 Å². The van der Waals surface area contributed by atoms with Crippen LogP contribution in [-0.2, 0) is 21.4 Å². The summed E-state index contributed by atoms with van der Waals surface area (Å²) in [7, 11) is -3.50. The minimum absolute atomic E-state index is 0.125. The van der Waals surface area contributed by atoms with E-state index in [0.717, 1.165) is 25.7 Å². The summed E-state index contributed by atoms with van der Waals surface area (Å²) in [6, 6.07) is 9.79. The number of aromatic nitrogens is 2. The first-order chi connectivity index (χ1) is 16.5. The number of carbonyl (C=O) groups is 1. The van der Waals surface area contributed by atoms with Crippen LogP contribution in [0.15, 0.2) is 56.4 Å².